The molecule has 1 atom stereocenters. The number of methoxy groups -OCH3 is 1. The first-order valence-corrected chi connectivity index (χ1v) is 8.85. The summed E-state index contributed by atoms with van der Waals surface area (Å²) in [6.45, 7) is 1.73. The SMILES string of the molecule is CNC(=O)[C@H](C)N(Cc1ccc(Cl)cc1)C(=O)COc1ccccc1OC. The van der Waals surface area contributed by atoms with Gasteiger partial charge in [-0.2, -0.15) is 0 Å². The molecule has 0 saturated carbocycles. The summed E-state index contributed by atoms with van der Waals surface area (Å²) < 4.78 is 10.8. The lowest BCUT2D eigenvalue weighted by molar-refractivity contribution is -0.142. The van der Waals surface area contributed by atoms with Crippen LogP contribution >= 0.6 is 11.6 Å². The molecule has 2 aromatic rings. The summed E-state index contributed by atoms with van der Waals surface area (Å²) in [5.41, 5.74) is 0.862. The van der Waals surface area contributed by atoms with Crippen LogP contribution in [-0.4, -0.2) is 43.5 Å². The number of ether oxygens (including phenoxy) is 2. The third kappa shape index (κ3) is 5.62. The molecule has 0 aliphatic heterocycles. The Bertz CT molecular complexity index is 780. The van der Waals surface area contributed by atoms with Crippen LogP contribution in [0.5, 0.6) is 11.5 Å². The first-order chi connectivity index (χ1) is 13.0. The van der Waals surface area contributed by atoms with E-state index in [4.69, 9.17) is 21.1 Å². The molecular weight excluding hydrogens is 368 g/mol. The van der Waals surface area contributed by atoms with Gasteiger partial charge in [0, 0.05) is 18.6 Å². The first-order valence-electron chi connectivity index (χ1n) is 8.47. The van der Waals surface area contributed by atoms with E-state index in [0.29, 0.717) is 16.5 Å². The van der Waals surface area contributed by atoms with Crippen molar-refractivity contribution in [2.75, 3.05) is 20.8 Å². The number of benzene rings is 2. The van der Waals surface area contributed by atoms with Crippen molar-refractivity contribution >= 4 is 23.4 Å². The van der Waals surface area contributed by atoms with Crippen molar-refractivity contribution in [3.8, 4) is 11.5 Å². The zero-order valence-electron chi connectivity index (χ0n) is 15.6. The Morgan fingerprint density at radius 1 is 1.11 bits per heavy atom. The average Bonchev–Trinajstić information content (AvgIpc) is 2.70. The highest BCUT2D eigenvalue weighted by Crippen LogP contribution is 2.25. The number of amides is 2. The molecule has 2 amide bonds. The van der Waals surface area contributed by atoms with E-state index < -0.39 is 6.04 Å². The number of carbonyl (C=O) groups is 2. The maximum absolute atomic E-state index is 12.8. The number of nitrogens with one attached hydrogen (secondary N) is 1. The fourth-order valence-corrected chi connectivity index (χ4v) is 2.66. The molecule has 2 aromatic carbocycles. The van der Waals surface area contributed by atoms with E-state index in [2.05, 4.69) is 5.32 Å². The molecule has 0 aromatic heterocycles. The summed E-state index contributed by atoms with van der Waals surface area (Å²) in [6, 6.07) is 13.6. The minimum absolute atomic E-state index is 0.213. The van der Waals surface area contributed by atoms with Crippen LogP contribution in [0.1, 0.15) is 12.5 Å². The highest BCUT2D eigenvalue weighted by molar-refractivity contribution is 6.30. The summed E-state index contributed by atoms with van der Waals surface area (Å²) >= 11 is 5.92. The molecule has 7 heteroatoms. The number of para-hydroxylation sites is 2. The summed E-state index contributed by atoms with van der Waals surface area (Å²) in [5, 5.41) is 3.18. The molecule has 0 aliphatic rings. The van der Waals surface area contributed by atoms with Crippen LogP contribution in [0.4, 0.5) is 0 Å². The Morgan fingerprint density at radius 2 is 1.74 bits per heavy atom. The highest BCUT2D eigenvalue weighted by atomic mass is 35.5. The lowest BCUT2D eigenvalue weighted by Gasteiger charge is -2.28. The minimum atomic E-state index is -0.653. The normalized spacial score (nSPS) is 11.4. The zero-order chi connectivity index (χ0) is 19.8. The third-order valence-electron chi connectivity index (χ3n) is 4.10. The van der Waals surface area contributed by atoms with Crippen LogP contribution in [0.3, 0.4) is 0 Å². The quantitative estimate of drug-likeness (QED) is 0.752. The molecule has 144 valence electrons. The molecule has 0 saturated heterocycles. The molecule has 6 nitrogen and oxygen atoms in total. The lowest BCUT2D eigenvalue weighted by Crippen LogP contribution is -2.48. The van der Waals surface area contributed by atoms with Gasteiger partial charge in [0.05, 0.1) is 7.11 Å². The second kappa shape index (κ2) is 9.83. The van der Waals surface area contributed by atoms with Crippen molar-refractivity contribution in [3.05, 3.63) is 59.1 Å². The fourth-order valence-electron chi connectivity index (χ4n) is 2.54. The van der Waals surface area contributed by atoms with Crippen molar-refractivity contribution in [1.29, 1.82) is 0 Å². The summed E-state index contributed by atoms with van der Waals surface area (Å²) in [7, 11) is 3.07. The van der Waals surface area contributed by atoms with Crippen LogP contribution in [0, 0.1) is 0 Å². The molecule has 0 radical (unpaired) electrons. The maximum atomic E-state index is 12.8. The summed E-state index contributed by atoms with van der Waals surface area (Å²) in [4.78, 5) is 26.4. The van der Waals surface area contributed by atoms with Crippen molar-refractivity contribution in [2.24, 2.45) is 0 Å². The van der Waals surface area contributed by atoms with Gasteiger partial charge < -0.3 is 19.7 Å². The first kappa shape index (κ1) is 20.6. The monoisotopic (exact) mass is 390 g/mol. The lowest BCUT2D eigenvalue weighted by atomic mass is 10.1. The molecule has 0 fully saturated rings. The van der Waals surface area contributed by atoms with E-state index in [9.17, 15) is 9.59 Å². The number of hydrogen-bond acceptors (Lipinski definition) is 4. The molecule has 0 spiro atoms. The molecule has 2 rings (SSSR count). The molecule has 0 heterocycles. The number of carbonyl (C=O) groups excluding carboxylic acids is 2. The molecule has 1 N–H and O–H groups in total. The fraction of sp³-hybridized carbons (Fsp3) is 0.300. The van der Waals surface area contributed by atoms with Gasteiger partial charge in [0.1, 0.15) is 6.04 Å². The number of halogens is 1. The van der Waals surface area contributed by atoms with Crippen molar-refractivity contribution in [2.45, 2.75) is 19.5 Å². The average molecular weight is 391 g/mol. The van der Waals surface area contributed by atoms with Crippen LogP contribution in [0.2, 0.25) is 5.02 Å². The Kier molecular flexibility index (Phi) is 7.49. The largest absolute Gasteiger partial charge is 0.493 e. The predicted octanol–water partition coefficient (Wildman–Crippen LogP) is 2.89. The van der Waals surface area contributed by atoms with Gasteiger partial charge in [-0.15, -0.1) is 0 Å². The van der Waals surface area contributed by atoms with Crippen LogP contribution in [0.25, 0.3) is 0 Å². The topological polar surface area (TPSA) is 67.9 Å². The van der Waals surface area contributed by atoms with Gasteiger partial charge in [0.25, 0.3) is 5.91 Å². The van der Waals surface area contributed by atoms with Crippen LogP contribution < -0.4 is 14.8 Å². The van der Waals surface area contributed by atoms with Crippen molar-refractivity contribution in [3.63, 3.8) is 0 Å². The van der Waals surface area contributed by atoms with Gasteiger partial charge in [-0.05, 0) is 36.8 Å². The predicted molar refractivity (Wildman–Crippen MR) is 104 cm³/mol. The summed E-state index contributed by atoms with van der Waals surface area (Å²) in [6.07, 6.45) is 0. The number of likely N-dealkylation sites (N-methyl/N-ethyl adjacent to an activating group) is 1. The van der Waals surface area contributed by atoms with E-state index in [-0.39, 0.29) is 25.0 Å². The summed E-state index contributed by atoms with van der Waals surface area (Å²) in [5.74, 6) is 0.433. The Balaban J connectivity index is 2.14. The van der Waals surface area contributed by atoms with Crippen LogP contribution in [0.15, 0.2) is 48.5 Å². The van der Waals surface area contributed by atoms with Gasteiger partial charge >= 0.3 is 0 Å². The Morgan fingerprint density at radius 3 is 2.33 bits per heavy atom. The highest BCUT2D eigenvalue weighted by Gasteiger charge is 2.26. The number of rotatable bonds is 8. The molecule has 0 unspecified atom stereocenters. The van der Waals surface area contributed by atoms with Gasteiger partial charge in [0.2, 0.25) is 5.91 Å². The van der Waals surface area contributed by atoms with Gasteiger partial charge in [-0.1, -0.05) is 35.9 Å². The molecule has 0 bridgehead atoms. The zero-order valence-corrected chi connectivity index (χ0v) is 16.3. The Hall–Kier alpha value is -2.73. The van der Waals surface area contributed by atoms with E-state index in [1.807, 2.05) is 18.2 Å². The molecule has 0 aliphatic carbocycles. The maximum Gasteiger partial charge on any atom is 0.261 e. The Labute approximate surface area is 164 Å². The number of hydrogen-bond donors (Lipinski definition) is 1. The minimum Gasteiger partial charge on any atom is -0.493 e. The van der Waals surface area contributed by atoms with Gasteiger partial charge in [-0.3, -0.25) is 9.59 Å². The van der Waals surface area contributed by atoms with E-state index >= 15 is 0 Å². The van der Waals surface area contributed by atoms with Crippen molar-refractivity contribution in [1.82, 2.24) is 10.2 Å². The van der Waals surface area contributed by atoms with Crippen molar-refractivity contribution < 1.29 is 19.1 Å². The smallest absolute Gasteiger partial charge is 0.261 e. The van der Waals surface area contributed by atoms with Crippen LogP contribution in [-0.2, 0) is 16.1 Å². The standard InChI is InChI=1S/C20H23ClN2O4/c1-14(20(25)22-2)23(12-15-8-10-16(21)11-9-15)19(24)13-27-18-7-5-4-6-17(18)26-3/h4-11,14H,12-13H2,1-3H3,(H,22,25)/t14-/m0/s1. The van der Waals surface area contributed by atoms with Gasteiger partial charge in [0.15, 0.2) is 18.1 Å². The van der Waals surface area contributed by atoms with E-state index in [1.165, 1.54) is 19.1 Å². The second-order valence-corrected chi connectivity index (χ2v) is 6.31. The molecule has 27 heavy (non-hydrogen) atoms. The number of nitrogens with zero attached hydrogens (tertiary/aromatic N) is 1. The second-order valence-electron chi connectivity index (χ2n) is 5.88. The van der Waals surface area contributed by atoms with Gasteiger partial charge in [-0.25, -0.2) is 0 Å². The van der Waals surface area contributed by atoms with E-state index in [1.54, 1.807) is 37.3 Å². The van der Waals surface area contributed by atoms with E-state index in [0.717, 1.165) is 5.56 Å². The molecular formula is C20H23ClN2O4. The third-order valence-corrected chi connectivity index (χ3v) is 4.35.